The predicted molar refractivity (Wildman–Crippen MR) is 111 cm³/mol. The highest BCUT2D eigenvalue weighted by Gasteiger charge is 2.35. The van der Waals surface area contributed by atoms with Crippen molar-refractivity contribution in [1.82, 2.24) is 5.32 Å². The molecule has 0 saturated heterocycles. The quantitative estimate of drug-likeness (QED) is 0.785. The van der Waals surface area contributed by atoms with Crippen molar-refractivity contribution < 1.29 is 9.59 Å². The Kier molecular flexibility index (Phi) is 5.90. The van der Waals surface area contributed by atoms with Gasteiger partial charge in [-0.3, -0.25) is 9.59 Å². The number of thioether (sulfide) groups is 1. The fourth-order valence-corrected chi connectivity index (χ4v) is 4.30. The van der Waals surface area contributed by atoms with Gasteiger partial charge < -0.3 is 10.6 Å². The molecule has 0 saturated carbocycles. The molecule has 27 heavy (non-hydrogen) atoms. The van der Waals surface area contributed by atoms with Gasteiger partial charge in [-0.15, -0.1) is 11.8 Å². The van der Waals surface area contributed by atoms with Crippen molar-refractivity contribution in [3.8, 4) is 0 Å². The summed E-state index contributed by atoms with van der Waals surface area (Å²) in [6, 6.07) is 15.9. The number of amides is 2. The normalized spacial score (nSPS) is 18.4. The van der Waals surface area contributed by atoms with Gasteiger partial charge in [0.2, 0.25) is 11.8 Å². The van der Waals surface area contributed by atoms with Gasteiger partial charge in [0.15, 0.2) is 0 Å². The second kappa shape index (κ2) is 8.17. The highest BCUT2D eigenvalue weighted by molar-refractivity contribution is 8.01. The largest absolute Gasteiger partial charge is 0.349 e. The molecule has 0 radical (unpaired) electrons. The highest BCUT2D eigenvalue weighted by atomic mass is 32.2. The molecule has 2 aromatic rings. The number of para-hydroxylation sites is 1. The Morgan fingerprint density at radius 3 is 2.30 bits per heavy atom. The average Bonchev–Trinajstić information content (AvgIpc) is 2.66. The lowest BCUT2D eigenvalue weighted by atomic mass is 9.99. The van der Waals surface area contributed by atoms with Crippen molar-refractivity contribution in [3.63, 3.8) is 0 Å². The van der Waals surface area contributed by atoms with Gasteiger partial charge >= 0.3 is 0 Å². The van der Waals surface area contributed by atoms with Crippen molar-refractivity contribution in [2.45, 2.75) is 49.8 Å². The predicted octanol–water partition coefficient (Wildman–Crippen LogP) is 4.74. The number of nitrogens with one attached hydrogen (secondary N) is 2. The first-order chi connectivity index (χ1) is 12.9. The standard InChI is InChI=1S/C22H26N2O2S/c1-13(2)16-9-11-17(12-10-16)15(4)23-21(25)14(3)20-22(26)24-18-7-5-6-8-19(18)27-20/h5-15,20H,1-4H3,(H,23,25)(H,24,26). The van der Waals surface area contributed by atoms with Crippen LogP contribution in [0, 0.1) is 5.92 Å². The third-order valence-electron chi connectivity index (χ3n) is 4.99. The number of fused-ring (bicyclic) bond motifs is 1. The van der Waals surface area contributed by atoms with Crippen molar-refractivity contribution in [3.05, 3.63) is 59.7 Å². The van der Waals surface area contributed by atoms with E-state index in [2.05, 4.69) is 48.7 Å². The number of anilines is 1. The summed E-state index contributed by atoms with van der Waals surface area (Å²) in [7, 11) is 0. The number of hydrogen-bond donors (Lipinski definition) is 2. The van der Waals surface area contributed by atoms with Crippen LogP contribution in [-0.2, 0) is 9.59 Å². The molecule has 0 spiro atoms. The summed E-state index contributed by atoms with van der Waals surface area (Å²) < 4.78 is 0. The molecule has 1 heterocycles. The minimum Gasteiger partial charge on any atom is -0.349 e. The zero-order valence-electron chi connectivity index (χ0n) is 16.2. The van der Waals surface area contributed by atoms with E-state index in [4.69, 9.17) is 0 Å². The molecule has 3 unspecified atom stereocenters. The zero-order chi connectivity index (χ0) is 19.6. The van der Waals surface area contributed by atoms with Crippen LogP contribution in [0.5, 0.6) is 0 Å². The van der Waals surface area contributed by atoms with Crippen LogP contribution in [0.4, 0.5) is 5.69 Å². The third kappa shape index (κ3) is 4.35. The molecule has 5 heteroatoms. The van der Waals surface area contributed by atoms with Gasteiger partial charge in [0.05, 0.1) is 22.9 Å². The van der Waals surface area contributed by atoms with Gasteiger partial charge in [-0.1, -0.05) is 57.2 Å². The van der Waals surface area contributed by atoms with Crippen LogP contribution < -0.4 is 10.6 Å². The first kappa shape index (κ1) is 19.5. The Labute approximate surface area is 165 Å². The van der Waals surface area contributed by atoms with E-state index in [1.54, 1.807) is 0 Å². The zero-order valence-corrected chi connectivity index (χ0v) is 17.0. The smallest absolute Gasteiger partial charge is 0.238 e. The second-order valence-electron chi connectivity index (χ2n) is 7.36. The second-order valence-corrected chi connectivity index (χ2v) is 8.55. The van der Waals surface area contributed by atoms with Crippen LogP contribution in [0.15, 0.2) is 53.4 Å². The van der Waals surface area contributed by atoms with Crippen LogP contribution in [0.3, 0.4) is 0 Å². The van der Waals surface area contributed by atoms with E-state index in [0.29, 0.717) is 5.92 Å². The topological polar surface area (TPSA) is 58.2 Å². The summed E-state index contributed by atoms with van der Waals surface area (Å²) in [5, 5.41) is 5.53. The highest BCUT2D eigenvalue weighted by Crippen LogP contribution is 2.38. The molecule has 1 aliphatic heterocycles. The number of benzene rings is 2. The molecule has 1 aliphatic rings. The first-order valence-electron chi connectivity index (χ1n) is 9.33. The Morgan fingerprint density at radius 2 is 1.63 bits per heavy atom. The molecule has 2 amide bonds. The summed E-state index contributed by atoms with van der Waals surface area (Å²) in [5.74, 6) is -0.174. The summed E-state index contributed by atoms with van der Waals surface area (Å²) in [6.45, 7) is 8.10. The van der Waals surface area contributed by atoms with E-state index in [-0.39, 0.29) is 17.9 Å². The van der Waals surface area contributed by atoms with Crippen molar-refractivity contribution in [2.75, 3.05) is 5.32 Å². The molecule has 2 aromatic carbocycles. The van der Waals surface area contributed by atoms with E-state index >= 15 is 0 Å². The first-order valence-corrected chi connectivity index (χ1v) is 10.2. The minimum atomic E-state index is -0.435. The van der Waals surface area contributed by atoms with E-state index in [0.717, 1.165) is 16.1 Å². The maximum absolute atomic E-state index is 12.8. The van der Waals surface area contributed by atoms with Crippen molar-refractivity contribution >= 4 is 29.3 Å². The fraction of sp³-hybridized carbons (Fsp3) is 0.364. The molecule has 0 fully saturated rings. The van der Waals surface area contributed by atoms with E-state index < -0.39 is 11.2 Å². The van der Waals surface area contributed by atoms with Gasteiger partial charge in [0.25, 0.3) is 0 Å². The molecular formula is C22H26N2O2S. The lowest BCUT2D eigenvalue weighted by Gasteiger charge is -2.28. The lowest BCUT2D eigenvalue weighted by molar-refractivity contribution is -0.128. The van der Waals surface area contributed by atoms with Gasteiger partial charge in [0, 0.05) is 4.90 Å². The fourth-order valence-electron chi connectivity index (χ4n) is 3.13. The molecule has 3 rings (SSSR count). The summed E-state index contributed by atoms with van der Waals surface area (Å²) in [6.07, 6.45) is 0. The SMILES string of the molecule is CC(C)c1ccc(C(C)NC(=O)C(C)C2Sc3ccccc3NC2=O)cc1. The maximum Gasteiger partial charge on any atom is 0.238 e. The van der Waals surface area contributed by atoms with Crippen LogP contribution >= 0.6 is 11.8 Å². The average molecular weight is 383 g/mol. The maximum atomic E-state index is 12.8. The molecule has 142 valence electrons. The van der Waals surface area contributed by atoms with Gasteiger partial charge in [-0.05, 0) is 36.1 Å². The van der Waals surface area contributed by atoms with E-state index in [9.17, 15) is 9.59 Å². The minimum absolute atomic E-state index is 0.106. The summed E-state index contributed by atoms with van der Waals surface area (Å²) in [5.41, 5.74) is 3.15. The van der Waals surface area contributed by atoms with Crippen LogP contribution in [-0.4, -0.2) is 17.1 Å². The Bertz CT molecular complexity index is 832. The third-order valence-corrected chi connectivity index (χ3v) is 6.47. The van der Waals surface area contributed by atoms with Crippen molar-refractivity contribution in [1.29, 1.82) is 0 Å². The molecular weight excluding hydrogens is 356 g/mol. The number of hydrogen-bond acceptors (Lipinski definition) is 3. The molecule has 3 atom stereocenters. The molecule has 0 aliphatic carbocycles. The van der Waals surface area contributed by atoms with Crippen LogP contribution in [0.25, 0.3) is 0 Å². The van der Waals surface area contributed by atoms with Crippen LogP contribution in [0.2, 0.25) is 0 Å². The number of carbonyl (C=O) groups excluding carboxylic acids is 2. The summed E-state index contributed by atoms with van der Waals surface area (Å²) in [4.78, 5) is 26.2. The molecule has 0 aromatic heterocycles. The van der Waals surface area contributed by atoms with Gasteiger partial charge in [-0.25, -0.2) is 0 Å². The van der Waals surface area contributed by atoms with E-state index in [1.807, 2.05) is 38.1 Å². The van der Waals surface area contributed by atoms with Gasteiger partial charge in [0.1, 0.15) is 0 Å². The molecule has 0 bridgehead atoms. The monoisotopic (exact) mass is 382 g/mol. The summed E-state index contributed by atoms with van der Waals surface area (Å²) >= 11 is 1.46. The van der Waals surface area contributed by atoms with Crippen molar-refractivity contribution in [2.24, 2.45) is 5.92 Å². The lowest BCUT2D eigenvalue weighted by Crippen LogP contribution is -2.42. The number of rotatable bonds is 5. The molecule has 4 nitrogen and oxygen atoms in total. The van der Waals surface area contributed by atoms with Crippen LogP contribution in [0.1, 0.15) is 50.8 Å². The Hall–Kier alpha value is -2.27. The van der Waals surface area contributed by atoms with E-state index in [1.165, 1.54) is 17.3 Å². The number of carbonyl (C=O) groups is 2. The Morgan fingerprint density at radius 1 is 1.00 bits per heavy atom. The Balaban J connectivity index is 1.66. The molecule has 2 N–H and O–H groups in total. The van der Waals surface area contributed by atoms with Gasteiger partial charge in [-0.2, -0.15) is 0 Å².